The molecule has 1 fully saturated rings. The zero-order valence-electron chi connectivity index (χ0n) is 9.07. The Balaban J connectivity index is 1.84. The van der Waals surface area contributed by atoms with Crippen LogP contribution in [0.2, 0.25) is 0 Å². The largest absolute Gasteiger partial charge is 0.313 e. The Labute approximate surface area is 95.1 Å². The van der Waals surface area contributed by atoms with E-state index < -0.39 is 0 Å². The van der Waals surface area contributed by atoms with Crippen LogP contribution in [0.15, 0.2) is 17.4 Å². The van der Waals surface area contributed by atoms with E-state index in [1.54, 1.807) is 12.4 Å². The number of hydrogen-bond donors (Lipinski definition) is 1. The number of rotatable bonds is 3. The summed E-state index contributed by atoms with van der Waals surface area (Å²) < 4.78 is 0. The molecule has 0 aromatic carbocycles. The van der Waals surface area contributed by atoms with Gasteiger partial charge in [0.25, 0.3) is 0 Å². The molecule has 1 saturated heterocycles. The predicted molar refractivity (Wildman–Crippen MR) is 63.1 cm³/mol. The summed E-state index contributed by atoms with van der Waals surface area (Å²) in [5, 5.41) is 4.61. The molecule has 0 saturated carbocycles. The number of aryl methyl sites for hydroxylation is 1. The highest BCUT2D eigenvalue weighted by molar-refractivity contribution is 7.99. The lowest BCUT2D eigenvalue weighted by molar-refractivity contribution is 0.430. The van der Waals surface area contributed by atoms with E-state index in [4.69, 9.17) is 0 Å². The van der Waals surface area contributed by atoms with Crippen LogP contribution in [0.5, 0.6) is 0 Å². The highest BCUT2D eigenvalue weighted by atomic mass is 32.2. The van der Waals surface area contributed by atoms with E-state index in [0.29, 0.717) is 6.04 Å². The molecule has 1 atom stereocenters. The summed E-state index contributed by atoms with van der Waals surface area (Å²) in [6.07, 6.45) is 7.50. The van der Waals surface area contributed by atoms with E-state index in [1.807, 2.05) is 18.7 Å². The van der Waals surface area contributed by atoms with Crippen LogP contribution in [0.1, 0.15) is 25.0 Å². The first-order valence-corrected chi connectivity index (χ1v) is 6.48. The van der Waals surface area contributed by atoms with Crippen LogP contribution in [-0.2, 0) is 0 Å². The summed E-state index contributed by atoms with van der Waals surface area (Å²) in [4.78, 5) is 8.57. The Morgan fingerprint density at radius 1 is 1.40 bits per heavy atom. The van der Waals surface area contributed by atoms with E-state index in [2.05, 4.69) is 15.3 Å². The average Bonchev–Trinajstić information content (AvgIpc) is 2.29. The average molecular weight is 223 g/mol. The van der Waals surface area contributed by atoms with Crippen molar-refractivity contribution in [1.29, 1.82) is 0 Å². The summed E-state index contributed by atoms with van der Waals surface area (Å²) in [5.74, 6) is 1.11. The van der Waals surface area contributed by atoms with Gasteiger partial charge in [0.15, 0.2) is 0 Å². The van der Waals surface area contributed by atoms with Crippen LogP contribution >= 0.6 is 11.8 Å². The Morgan fingerprint density at radius 2 is 2.27 bits per heavy atom. The topological polar surface area (TPSA) is 37.8 Å². The molecule has 0 spiro atoms. The highest BCUT2D eigenvalue weighted by Crippen LogP contribution is 2.20. The molecular weight excluding hydrogens is 206 g/mol. The fraction of sp³-hybridized carbons (Fsp3) is 0.636. The van der Waals surface area contributed by atoms with Gasteiger partial charge in [0.1, 0.15) is 5.03 Å². The van der Waals surface area contributed by atoms with E-state index in [-0.39, 0.29) is 0 Å². The zero-order chi connectivity index (χ0) is 10.5. The molecule has 4 heteroatoms. The molecule has 3 nitrogen and oxygen atoms in total. The molecule has 1 aliphatic rings. The van der Waals surface area contributed by atoms with Gasteiger partial charge in [0.05, 0.1) is 5.69 Å². The van der Waals surface area contributed by atoms with Gasteiger partial charge < -0.3 is 5.32 Å². The maximum absolute atomic E-state index is 4.34. The van der Waals surface area contributed by atoms with Gasteiger partial charge in [-0.1, -0.05) is 6.42 Å². The number of hydrogen-bond acceptors (Lipinski definition) is 4. The molecule has 1 N–H and O–H groups in total. The summed E-state index contributed by atoms with van der Waals surface area (Å²) in [6.45, 7) is 3.19. The monoisotopic (exact) mass is 223 g/mol. The fourth-order valence-electron chi connectivity index (χ4n) is 1.78. The third-order valence-corrected chi connectivity index (χ3v) is 3.91. The van der Waals surface area contributed by atoms with E-state index in [9.17, 15) is 0 Å². The van der Waals surface area contributed by atoms with Crippen molar-refractivity contribution in [1.82, 2.24) is 15.3 Å². The van der Waals surface area contributed by atoms with Crippen molar-refractivity contribution in [2.75, 3.05) is 12.3 Å². The number of nitrogens with one attached hydrogen (secondary N) is 1. The minimum Gasteiger partial charge on any atom is -0.313 e. The van der Waals surface area contributed by atoms with Gasteiger partial charge in [-0.3, -0.25) is 4.98 Å². The van der Waals surface area contributed by atoms with Crippen LogP contribution < -0.4 is 5.32 Å². The Morgan fingerprint density at radius 3 is 3.00 bits per heavy atom. The molecule has 2 heterocycles. The Hall–Kier alpha value is -0.610. The van der Waals surface area contributed by atoms with Crippen LogP contribution in [0.4, 0.5) is 0 Å². The maximum atomic E-state index is 4.34. The molecule has 0 aliphatic carbocycles. The second-order valence-electron chi connectivity index (χ2n) is 3.90. The van der Waals surface area contributed by atoms with Crippen molar-refractivity contribution in [3.8, 4) is 0 Å². The van der Waals surface area contributed by atoms with Crippen molar-refractivity contribution in [3.63, 3.8) is 0 Å². The molecule has 1 aromatic rings. The fourth-order valence-corrected chi connectivity index (χ4v) is 2.82. The molecule has 0 unspecified atom stereocenters. The predicted octanol–water partition coefficient (Wildman–Crippen LogP) is 2.02. The first-order valence-electron chi connectivity index (χ1n) is 5.50. The normalized spacial score (nSPS) is 21.5. The van der Waals surface area contributed by atoms with Gasteiger partial charge in [0, 0.05) is 24.2 Å². The van der Waals surface area contributed by atoms with Gasteiger partial charge in [0.2, 0.25) is 0 Å². The van der Waals surface area contributed by atoms with E-state index >= 15 is 0 Å². The number of thioether (sulfide) groups is 1. The minimum absolute atomic E-state index is 0.658. The number of aromatic nitrogens is 2. The van der Waals surface area contributed by atoms with Crippen LogP contribution in [0, 0.1) is 6.92 Å². The summed E-state index contributed by atoms with van der Waals surface area (Å²) >= 11 is 1.82. The molecule has 2 rings (SSSR count). The minimum atomic E-state index is 0.658. The Bertz CT molecular complexity index is 310. The van der Waals surface area contributed by atoms with Crippen molar-refractivity contribution in [2.45, 2.75) is 37.3 Å². The first kappa shape index (κ1) is 10.9. The van der Waals surface area contributed by atoms with Crippen molar-refractivity contribution in [2.24, 2.45) is 0 Å². The molecule has 0 bridgehead atoms. The van der Waals surface area contributed by atoms with E-state index in [0.717, 1.165) is 16.5 Å². The summed E-state index contributed by atoms with van der Waals surface area (Å²) in [7, 11) is 0. The molecule has 0 radical (unpaired) electrons. The van der Waals surface area contributed by atoms with Crippen LogP contribution in [0.3, 0.4) is 0 Å². The van der Waals surface area contributed by atoms with Gasteiger partial charge in [-0.2, -0.15) is 0 Å². The highest BCUT2D eigenvalue weighted by Gasteiger charge is 2.13. The third-order valence-electron chi connectivity index (χ3n) is 2.67. The van der Waals surface area contributed by atoms with Gasteiger partial charge in [-0.15, -0.1) is 11.8 Å². The van der Waals surface area contributed by atoms with Crippen LogP contribution in [0.25, 0.3) is 0 Å². The smallest absolute Gasteiger partial charge is 0.117 e. The van der Waals surface area contributed by atoms with Gasteiger partial charge >= 0.3 is 0 Å². The molecule has 1 aliphatic heterocycles. The van der Waals surface area contributed by atoms with Crippen molar-refractivity contribution in [3.05, 3.63) is 18.1 Å². The van der Waals surface area contributed by atoms with Gasteiger partial charge in [-0.05, 0) is 26.3 Å². The lowest BCUT2D eigenvalue weighted by atomic mass is 10.1. The zero-order valence-corrected chi connectivity index (χ0v) is 9.89. The standard InChI is InChI=1S/C11H17N3S/c1-9-11(14-7-6-12-9)15-8-10-4-2-3-5-13-10/h6-7,10,13H,2-5,8H2,1H3/t10-/m0/s1. The van der Waals surface area contributed by atoms with E-state index in [1.165, 1.54) is 25.8 Å². The SMILES string of the molecule is Cc1nccnc1SC[C@@H]1CCCCN1. The number of nitrogens with zero attached hydrogens (tertiary/aromatic N) is 2. The lowest BCUT2D eigenvalue weighted by Crippen LogP contribution is -2.35. The first-order chi connectivity index (χ1) is 7.36. The van der Waals surface area contributed by atoms with Crippen molar-refractivity contribution < 1.29 is 0 Å². The lowest BCUT2D eigenvalue weighted by Gasteiger charge is -2.22. The molecule has 15 heavy (non-hydrogen) atoms. The molecular formula is C11H17N3S. The van der Waals surface area contributed by atoms with Gasteiger partial charge in [-0.25, -0.2) is 4.98 Å². The Kier molecular flexibility index (Phi) is 3.97. The molecule has 82 valence electrons. The third kappa shape index (κ3) is 3.18. The number of piperidine rings is 1. The second-order valence-corrected chi connectivity index (χ2v) is 4.91. The summed E-state index contributed by atoms with van der Waals surface area (Å²) in [6, 6.07) is 0.658. The molecule has 1 aromatic heterocycles. The second kappa shape index (κ2) is 5.47. The maximum Gasteiger partial charge on any atom is 0.117 e. The van der Waals surface area contributed by atoms with Crippen molar-refractivity contribution >= 4 is 11.8 Å². The quantitative estimate of drug-likeness (QED) is 0.796. The molecule has 0 amide bonds. The van der Waals surface area contributed by atoms with Crippen LogP contribution in [-0.4, -0.2) is 28.3 Å². The summed E-state index contributed by atoms with van der Waals surface area (Å²) in [5.41, 5.74) is 1.04.